The Labute approximate surface area is 53.0 Å². The van der Waals surface area contributed by atoms with Crippen molar-refractivity contribution in [1.82, 2.24) is 0 Å². The van der Waals surface area contributed by atoms with Crippen LogP contribution in [0, 0.1) is 0 Å². The molecule has 0 aliphatic heterocycles. The summed E-state index contributed by atoms with van der Waals surface area (Å²) in [5.41, 5.74) is 0. The number of hydrogen-bond acceptors (Lipinski definition) is 2. The Kier molecular flexibility index (Phi) is 3.08. The van der Waals surface area contributed by atoms with E-state index in [0.717, 1.165) is 6.08 Å². The first kappa shape index (κ1) is 8.85. The van der Waals surface area contributed by atoms with Crippen LogP contribution in [0.1, 0.15) is 6.92 Å². The third-order valence-corrected chi connectivity index (χ3v) is 1.57. The summed E-state index contributed by atoms with van der Waals surface area (Å²) in [5.74, 6) is -1.65. The molecule has 0 heterocycles. The highest BCUT2D eigenvalue weighted by Crippen LogP contribution is 2.39. The maximum Gasteiger partial charge on any atom is 0.357 e. The van der Waals surface area contributed by atoms with E-state index in [9.17, 15) is 4.57 Å². The van der Waals surface area contributed by atoms with Crippen molar-refractivity contribution in [2.75, 3.05) is 0 Å². The highest BCUT2D eigenvalue weighted by molar-refractivity contribution is 7.52. The Morgan fingerprint density at radius 3 is 2.11 bits per heavy atom. The van der Waals surface area contributed by atoms with Gasteiger partial charge in [0.25, 0.3) is 0 Å². The lowest BCUT2D eigenvalue weighted by atomic mass is 10.6. The highest BCUT2D eigenvalue weighted by Gasteiger charge is 2.22. The predicted molar refractivity (Wildman–Crippen MR) is 32.9 cm³/mol. The third-order valence-electron chi connectivity index (χ3n) is 0.709. The van der Waals surface area contributed by atoms with Crippen LogP contribution in [-0.4, -0.2) is 20.7 Å². The number of allylic oxidation sites excluding steroid dienone is 1. The summed E-state index contributed by atoms with van der Waals surface area (Å²) in [4.78, 5) is 16.5. The molecule has 1 atom stereocenters. The second-order valence-corrected chi connectivity index (χ2v) is 3.24. The Hall–Kier alpha value is -0.150. The lowest BCUT2D eigenvalue weighted by Crippen LogP contribution is -2.01. The molecule has 0 spiro atoms. The lowest BCUT2D eigenvalue weighted by Gasteiger charge is -2.05. The number of rotatable bonds is 2. The summed E-state index contributed by atoms with van der Waals surface area (Å²) in [6, 6.07) is 0. The van der Waals surface area contributed by atoms with Crippen LogP contribution in [0.2, 0.25) is 0 Å². The second kappa shape index (κ2) is 3.13. The standard InChI is InChI=1S/C4H9O4P/c1-2-3-4(5)9(6,7)8/h2-5H,1H3,(H2,6,7,8)/b3-2+. The van der Waals surface area contributed by atoms with E-state index < -0.39 is 13.4 Å². The van der Waals surface area contributed by atoms with Crippen LogP contribution in [0.25, 0.3) is 0 Å². The molecule has 0 aromatic carbocycles. The van der Waals surface area contributed by atoms with E-state index in [1.54, 1.807) is 6.92 Å². The molecule has 9 heavy (non-hydrogen) atoms. The molecule has 0 saturated carbocycles. The molecule has 3 N–H and O–H groups in total. The van der Waals surface area contributed by atoms with Crippen molar-refractivity contribution < 1.29 is 19.5 Å². The fourth-order valence-electron chi connectivity index (χ4n) is 0.284. The van der Waals surface area contributed by atoms with Crippen molar-refractivity contribution in [3.63, 3.8) is 0 Å². The number of aliphatic hydroxyl groups excluding tert-OH is 1. The zero-order valence-electron chi connectivity index (χ0n) is 4.93. The van der Waals surface area contributed by atoms with Gasteiger partial charge in [-0.15, -0.1) is 0 Å². The molecule has 0 bridgehead atoms. The normalized spacial score (nSPS) is 16.4. The van der Waals surface area contributed by atoms with Crippen molar-refractivity contribution in [2.45, 2.75) is 12.8 Å². The topological polar surface area (TPSA) is 77.8 Å². The van der Waals surface area contributed by atoms with Crippen LogP contribution in [-0.2, 0) is 4.57 Å². The molecule has 0 radical (unpaired) electrons. The molecule has 0 aliphatic carbocycles. The monoisotopic (exact) mass is 152 g/mol. The molecule has 0 saturated heterocycles. The van der Waals surface area contributed by atoms with Crippen LogP contribution in [0.5, 0.6) is 0 Å². The van der Waals surface area contributed by atoms with Crippen molar-refractivity contribution in [2.24, 2.45) is 0 Å². The molecule has 0 amide bonds. The smallest absolute Gasteiger partial charge is 0.357 e. The fourth-order valence-corrected chi connectivity index (χ4v) is 0.681. The average molecular weight is 152 g/mol. The van der Waals surface area contributed by atoms with E-state index in [2.05, 4.69) is 0 Å². The summed E-state index contributed by atoms with van der Waals surface area (Å²) in [5, 5.41) is 8.54. The molecular weight excluding hydrogens is 143 g/mol. The van der Waals surface area contributed by atoms with Gasteiger partial charge in [0.15, 0.2) is 5.85 Å². The molecule has 0 rings (SSSR count). The summed E-state index contributed by atoms with van der Waals surface area (Å²) in [7, 11) is -4.30. The number of aliphatic hydroxyl groups is 1. The van der Waals surface area contributed by atoms with Crippen molar-refractivity contribution in [3.05, 3.63) is 12.2 Å². The average Bonchev–Trinajstić information content (AvgIpc) is 1.64. The molecule has 0 aromatic rings. The Balaban J connectivity index is 4.05. The Morgan fingerprint density at radius 2 is 2.00 bits per heavy atom. The van der Waals surface area contributed by atoms with Crippen LogP contribution >= 0.6 is 7.60 Å². The maximum atomic E-state index is 10.1. The van der Waals surface area contributed by atoms with Gasteiger partial charge in [0.2, 0.25) is 0 Å². The lowest BCUT2D eigenvalue weighted by molar-refractivity contribution is 0.238. The molecule has 54 valence electrons. The van der Waals surface area contributed by atoms with Crippen molar-refractivity contribution in [1.29, 1.82) is 0 Å². The maximum absolute atomic E-state index is 10.1. The first-order valence-corrected chi connectivity index (χ1v) is 4.02. The molecule has 1 unspecified atom stereocenters. The third kappa shape index (κ3) is 3.43. The van der Waals surface area contributed by atoms with Gasteiger partial charge in [-0.3, -0.25) is 4.57 Å². The van der Waals surface area contributed by atoms with E-state index in [1.807, 2.05) is 0 Å². The van der Waals surface area contributed by atoms with E-state index >= 15 is 0 Å². The van der Waals surface area contributed by atoms with Gasteiger partial charge in [-0.2, -0.15) is 0 Å². The minimum absolute atomic E-state index is 1.04. The summed E-state index contributed by atoms with van der Waals surface area (Å²) >= 11 is 0. The molecule has 0 aromatic heterocycles. The minimum Gasteiger partial charge on any atom is -0.377 e. The minimum atomic E-state index is -4.30. The van der Waals surface area contributed by atoms with Gasteiger partial charge in [-0.25, -0.2) is 0 Å². The molecule has 5 heteroatoms. The zero-order valence-corrected chi connectivity index (χ0v) is 5.82. The zero-order chi connectivity index (χ0) is 7.49. The Morgan fingerprint density at radius 1 is 1.56 bits per heavy atom. The van der Waals surface area contributed by atoms with Gasteiger partial charge in [-0.05, 0) is 13.0 Å². The van der Waals surface area contributed by atoms with Crippen LogP contribution < -0.4 is 0 Å². The SMILES string of the molecule is C/C=C/C(O)P(=O)(O)O. The number of hydrogen-bond donors (Lipinski definition) is 3. The first-order chi connectivity index (χ1) is 3.98. The van der Waals surface area contributed by atoms with Crippen molar-refractivity contribution in [3.8, 4) is 0 Å². The van der Waals surface area contributed by atoms with Gasteiger partial charge in [0.1, 0.15) is 0 Å². The van der Waals surface area contributed by atoms with Gasteiger partial charge in [0, 0.05) is 0 Å². The van der Waals surface area contributed by atoms with Gasteiger partial charge in [-0.1, -0.05) is 6.08 Å². The van der Waals surface area contributed by atoms with E-state index in [1.165, 1.54) is 6.08 Å². The first-order valence-electron chi connectivity index (χ1n) is 2.34. The predicted octanol–water partition coefficient (Wildman–Crippen LogP) is 0.0586. The fraction of sp³-hybridized carbons (Fsp3) is 0.500. The molecule has 0 aliphatic rings. The quantitative estimate of drug-likeness (QED) is 0.386. The van der Waals surface area contributed by atoms with Gasteiger partial charge < -0.3 is 14.9 Å². The summed E-state index contributed by atoms with van der Waals surface area (Å²) in [6.07, 6.45) is 2.42. The van der Waals surface area contributed by atoms with Crippen LogP contribution in [0.15, 0.2) is 12.2 Å². The second-order valence-electron chi connectivity index (χ2n) is 1.53. The van der Waals surface area contributed by atoms with Crippen LogP contribution in [0.3, 0.4) is 0 Å². The molecule has 0 fully saturated rings. The van der Waals surface area contributed by atoms with Gasteiger partial charge in [0.05, 0.1) is 0 Å². The molecule has 4 nitrogen and oxygen atoms in total. The van der Waals surface area contributed by atoms with Crippen molar-refractivity contribution >= 4 is 7.60 Å². The summed E-state index contributed by atoms with van der Waals surface area (Å²) < 4.78 is 10.1. The molecular formula is C4H9O4P. The largest absolute Gasteiger partial charge is 0.377 e. The highest BCUT2D eigenvalue weighted by atomic mass is 31.2. The van der Waals surface area contributed by atoms with E-state index in [4.69, 9.17) is 14.9 Å². The summed E-state index contributed by atoms with van der Waals surface area (Å²) in [6.45, 7) is 1.57. The van der Waals surface area contributed by atoms with E-state index in [-0.39, 0.29) is 0 Å². The van der Waals surface area contributed by atoms with Gasteiger partial charge >= 0.3 is 7.60 Å². The Bertz CT molecular complexity index is 147. The van der Waals surface area contributed by atoms with Crippen LogP contribution in [0.4, 0.5) is 0 Å². The van der Waals surface area contributed by atoms with E-state index in [0.29, 0.717) is 0 Å².